The lowest BCUT2D eigenvalue weighted by molar-refractivity contribution is 0.684. The average Bonchev–Trinajstić information content (AvgIpc) is 2.13. The summed E-state index contributed by atoms with van der Waals surface area (Å²) < 4.78 is 0. The average molecular weight is 228 g/mol. The van der Waals surface area contributed by atoms with Crippen LogP contribution in [0.25, 0.3) is 0 Å². The second-order valence-electron chi connectivity index (χ2n) is 4.36. The fourth-order valence-electron chi connectivity index (χ4n) is 1.09. The summed E-state index contributed by atoms with van der Waals surface area (Å²) in [7, 11) is 0. The Morgan fingerprint density at radius 3 is 2.47 bits per heavy atom. The molecule has 0 fully saturated rings. The van der Waals surface area contributed by atoms with Crippen LogP contribution in [0.3, 0.4) is 0 Å². The molecule has 0 aliphatic rings. The van der Waals surface area contributed by atoms with Gasteiger partial charge in [-0.05, 0) is 5.92 Å². The molecule has 0 unspecified atom stereocenters. The van der Waals surface area contributed by atoms with Crippen molar-refractivity contribution in [3.63, 3.8) is 0 Å². The lowest BCUT2D eigenvalue weighted by Gasteiger charge is -2.10. The van der Waals surface area contributed by atoms with Gasteiger partial charge in [-0.3, -0.25) is 0 Å². The topological polar surface area (TPSA) is 37.8 Å². The number of nitrogens with zero attached hydrogens (tertiary/aromatic N) is 2. The molecule has 0 amide bonds. The van der Waals surface area contributed by atoms with Gasteiger partial charge in [-0.1, -0.05) is 39.3 Å². The molecule has 1 aromatic rings. The van der Waals surface area contributed by atoms with Crippen LogP contribution >= 0.6 is 11.6 Å². The molecule has 1 aromatic heterocycles. The summed E-state index contributed by atoms with van der Waals surface area (Å²) in [6.45, 7) is 9.30. The van der Waals surface area contributed by atoms with Crippen LogP contribution in [0.2, 0.25) is 5.15 Å². The predicted octanol–water partition coefficient (Wildman–Crippen LogP) is 3.32. The standard InChI is InChI=1S/C11H18ClN3/c1-7(2)6-13-10-5-9(12)14-11(15-10)8(3)4/h5,7-8H,6H2,1-4H3,(H,13,14,15). The van der Waals surface area contributed by atoms with Gasteiger partial charge in [-0.15, -0.1) is 0 Å². The minimum atomic E-state index is 0.295. The van der Waals surface area contributed by atoms with Crippen molar-refractivity contribution >= 4 is 17.4 Å². The monoisotopic (exact) mass is 227 g/mol. The Bertz CT molecular complexity index is 324. The quantitative estimate of drug-likeness (QED) is 0.802. The summed E-state index contributed by atoms with van der Waals surface area (Å²) in [5.74, 6) is 2.48. The molecule has 0 aliphatic carbocycles. The molecule has 1 rings (SSSR count). The lowest BCUT2D eigenvalue weighted by atomic mass is 10.2. The third-order valence-corrected chi connectivity index (χ3v) is 2.11. The van der Waals surface area contributed by atoms with E-state index in [0.29, 0.717) is 17.0 Å². The SMILES string of the molecule is CC(C)CNc1cc(Cl)nc(C(C)C)n1. The Hall–Kier alpha value is -0.830. The predicted molar refractivity (Wildman–Crippen MR) is 64.5 cm³/mol. The molecule has 1 heterocycles. The molecule has 0 aromatic carbocycles. The Balaban J connectivity index is 2.79. The van der Waals surface area contributed by atoms with Crippen molar-refractivity contribution < 1.29 is 0 Å². The van der Waals surface area contributed by atoms with Crippen molar-refractivity contribution in [1.29, 1.82) is 0 Å². The van der Waals surface area contributed by atoms with Gasteiger partial charge in [-0.25, -0.2) is 9.97 Å². The van der Waals surface area contributed by atoms with Crippen LogP contribution in [0, 0.1) is 5.92 Å². The van der Waals surface area contributed by atoms with E-state index in [2.05, 4.69) is 43.0 Å². The number of nitrogens with one attached hydrogen (secondary N) is 1. The zero-order chi connectivity index (χ0) is 11.4. The van der Waals surface area contributed by atoms with Crippen LogP contribution in [-0.2, 0) is 0 Å². The van der Waals surface area contributed by atoms with Gasteiger partial charge >= 0.3 is 0 Å². The third kappa shape index (κ3) is 4.04. The summed E-state index contributed by atoms with van der Waals surface area (Å²) in [6.07, 6.45) is 0. The van der Waals surface area contributed by atoms with Gasteiger partial charge in [0.25, 0.3) is 0 Å². The smallest absolute Gasteiger partial charge is 0.135 e. The maximum atomic E-state index is 5.92. The van der Waals surface area contributed by atoms with Gasteiger partial charge < -0.3 is 5.32 Å². The van der Waals surface area contributed by atoms with E-state index in [-0.39, 0.29) is 0 Å². The lowest BCUT2D eigenvalue weighted by Crippen LogP contribution is -2.11. The second-order valence-corrected chi connectivity index (χ2v) is 4.75. The van der Waals surface area contributed by atoms with Gasteiger partial charge in [0.1, 0.15) is 16.8 Å². The van der Waals surface area contributed by atoms with Gasteiger partial charge in [-0.2, -0.15) is 0 Å². The highest BCUT2D eigenvalue weighted by atomic mass is 35.5. The van der Waals surface area contributed by atoms with Gasteiger partial charge in [0.05, 0.1) is 0 Å². The fraction of sp³-hybridized carbons (Fsp3) is 0.636. The van der Waals surface area contributed by atoms with Crippen LogP contribution in [0.15, 0.2) is 6.07 Å². The number of halogens is 1. The molecule has 0 saturated carbocycles. The van der Waals surface area contributed by atoms with Crippen LogP contribution in [0.5, 0.6) is 0 Å². The zero-order valence-corrected chi connectivity index (χ0v) is 10.5. The first-order valence-electron chi connectivity index (χ1n) is 5.27. The van der Waals surface area contributed by atoms with E-state index in [9.17, 15) is 0 Å². The Kier molecular flexibility index (Phi) is 4.33. The summed E-state index contributed by atoms with van der Waals surface area (Å²) in [6, 6.07) is 1.76. The van der Waals surface area contributed by atoms with Crippen molar-refractivity contribution in [2.24, 2.45) is 5.92 Å². The first kappa shape index (κ1) is 12.2. The van der Waals surface area contributed by atoms with Crippen molar-refractivity contribution in [1.82, 2.24) is 9.97 Å². The molecule has 1 N–H and O–H groups in total. The fourth-order valence-corrected chi connectivity index (χ4v) is 1.28. The molecule has 0 saturated heterocycles. The van der Waals surface area contributed by atoms with E-state index in [1.807, 2.05) is 0 Å². The second kappa shape index (κ2) is 5.31. The molecular weight excluding hydrogens is 210 g/mol. The molecular formula is C11H18ClN3. The molecule has 0 spiro atoms. The molecule has 0 bridgehead atoms. The zero-order valence-electron chi connectivity index (χ0n) is 9.71. The summed E-state index contributed by atoms with van der Waals surface area (Å²) in [5, 5.41) is 3.74. The van der Waals surface area contributed by atoms with Crippen LogP contribution in [0.1, 0.15) is 39.4 Å². The normalized spacial score (nSPS) is 11.1. The summed E-state index contributed by atoms with van der Waals surface area (Å²) in [5.41, 5.74) is 0. The van der Waals surface area contributed by atoms with Crippen molar-refractivity contribution in [3.8, 4) is 0 Å². The van der Waals surface area contributed by atoms with Gasteiger partial charge in [0.2, 0.25) is 0 Å². The summed E-state index contributed by atoms with van der Waals surface area (Å²) >= 11 is 5.92. The minimum Gasteiger partial charge on any atom is -0.370 e. The molecule has 0 radical (unpaired) electrons. The molecule has 0 aliphatic heterocycles. The van der Waals surface area contributed by atoms with E-state index < -0.39 is 0 Å². The van der Waals surface area contributed by atoms with Crippen LogP contribution in [-0.4, -0.2) is 16.5 Å². The van der Waals surface area contributed by atoms with E-state index in [1.165, 1.54) is 0 Å². The Morgan fingerprint density at radius 1 is 1.27 bits per heavy atom. The molecule has 3 nitrogen and oxygen atoms in total. The maximum Gasteiger partial charge on any atom is 0.135 e. The molecule has 15 heavy (non-hydrogen) atoms. The highest BCUT2D eigenvalue weighted by Gasteiger charge is 2.06. The largest absolute Gasteiger partial charge is 0.370 e. The number of aromatic nitrogens is 2. The van der Waals surface area contributed by atoms with Crippen LogP contribution in [0.4, 0.5) is 5.82 Å². The summed E-state index contributed by atoms with van der Waals surface area (Å²) in [4.78, 5) is 8.57. The van der Waals surface area contributed by atoms with Crippen molar-refractivity contribution in [2.75, 3.05) is 11.9 Å². The first-order chi connectivity index (χ1) is 6.99. The van der Waals surface area contributed by atoms with Gasteiger partial charge in [0, 0.05) is 18.5 Å². The number of anilines is 1. The Labute approximate surface area is 96.3 Å². The highest BCUT2D eigenvalue weighted by molar-refractivity contribution is 6.29. The molecule has 84 valence electrons. The number of hydrogen-bond donors (Lipinski definition) is 1. The van der Waals surface area contributed by atoms with Crippen molar-refractivity contribution in [2.45, 2.75) is 33.6 Å². The van der Waals surface area contributed by atoms with E-state index in [1.54, 1.807) is 6.07 Å². The Morgan fingerprint density at radius 2 is 1.93 bits per heavy atom. The van der Waals surface area contributed by atoms with Crippen LogP contribution < -0.4 is 5.32 Å². The van der Waals surface area contributed by atoms with E-state index >= 15 is 0 Å². The number of rotatable bonds is 4. The van der Waals surface area contributed by atoms with Crippen molar-refractivity contribution in [3.05, 3.63) is 17.0 Å². The van der Waals surface area contributed by atoms with E-state index in [0.717, 1.165) is 18.2 Å². The first-order valence-corrected chi connectivity index (χ1v) is 5.65. The molecule has 4 heteroatoms. The molecule has 0 atom stereocenters. The van der Waals surface area contributed by atoms with Gasteiger partial charge in [0.15, 0.2) is 0 Å². The number of hydrogen-bond acceptors (Lipinski definition) is 3. The maximum absolute atomic E-state index is 5.92. The highest BCUT2D eigenvalue weighted by Crippen LogP contribution is 2.17. The third-order valence-electron chi connectivity index (χ3n) is 1.92. The van der Waals surface area contributed by atoms with E-state index in [4.69, 9.17) is 11.6 Å². The minimum absolute atomic E-state index is 0.295.